The third kappa shape index (κ3) is 3.17. The molecule has 2 unspecified atom stereocenters. The molecule has 0 aromatic rings. The maximum Gasteiger partial charge on any atom is 0.414 e. The lowest BCUT2D eigenvalue weighted by Crippen LogP contribution is -2.38. The van der Waals surface area contributed by atoms with Crippen LogP contribution in [0.25, 0.3) is 0 Å². The Morgan fingerprint density at radius 3 is 2.64 bits per heavy atom. The van der Waals surface area contributed by atoms with E-state index in [1.165, 1.54) is 0 Å². The summed E-state index contributed by atoms with van der Waals surface area (Å²) in [5, 5.41) is 8.43. The number of hydrogen-bond acceptors (Lipinski definition) is 2. The number of carbonyl (C=O) groups is 1. The molecule has 0 aromatic heterocycles. The standard InChI is InChI=1S/C8H11F3O3/c9-8(10,11)6-3-5(1-2-14-6)4-7(12)13/h5-6H,1-4H2,(H,12,13). The Balaban J connectivity index is 2.48. The van der Waals surface area contributed by atoms with Gasteiger partial charge >= 0.3 is 12.1 Å². The molecule has 3 nitrogen and oxygen atoms in total. The van der Waals surface area contributed by atoms with Crippen LogP contribution in [0.2, 0.25) is 0 Å². The van der Waals surface area contributed by atoms with Crippen molar-refractivity contribution in [3.8, 4) is 0 Å². The highest BCUT2D eigenvalue weighted by Gasteiger charge is 2.43. The van der Waals surface area contributed by atoms with Crippen LogP contribution < -0.4 is 0 Å². The highest BCUT2D eigenvalue weighted by atomic mass is 19.4. The highest BCUT2D eigenvalue weighted by Crippen LogP contribution is 2.33. The lowest BCUT2D eigenvalue weighted by atomic mass is 9.92. The van der Waals surface area contributed by atoms with E-state index < -0.39 is 24.2 Å². The van der Waals surface area contributed by atoms with Crippen molar-refractivity contribution in [2.75, 3.05) is 6.61 Å². The second-order valence-corrected chi connectivity index (χ2v) is 3.39. The average Bonchev–Trinajstić information content (AvgIpc) is 2.01. The van der Waals surface area contributed by atoms with Crippen LogP contribution in [0.15, 0.2) is 0 Å². The molecule has 14 heavy (non-hydrogen) atoms. The van der Waals surface area contributed by atoms with E-state index in [2.05, 4.69) is 4.74 Å². The molecule has 82 valence electrons. The van der Waals surface area contributed by atoms with E-state index in [0.717, 1.165) is 0 Å². The fraction of sp³-hybridized carbons (Fsp3) is 0.875. The van der Waals surface area contributed by atoms with E-state index in [1.807, 2.05) is 0 Å². The third-order valence-electron chi connectivity index (χ3n) is 2.22. The molecule has 2 atom stereocenters. The van der Waals surface area contributed by atoms with Gasteiger partial charge in [0, 0.05) is 13.0 Å². The van der Waals surface area contributed by atoms with Gasteiger partial charge in [-0.2, -0.15) is 13.2 Å². The summed E-state index contributed by atoms with van der Waals surface area (Å²) in [4.78, 5) is 10.3. The zero-order valence-electron chi connectivity index (χ0n) is 7.38. The molecule has 1 fully saturated rings. The van der Waals surface area contributed by atoms with Gasteiger partial charge in [-0.3, -0.25) is 4.79 Å². The minimum atomic E-state index is -4.38. The SMILES string of the molecule is O=C(O)CC1CCOC(C(F)(F)F)C1. The van der Waals surface area contributed by atoms with E-state index in [4.69, 9.17) is 5.11 Å². The van der Waals surface area contributed by atoms with Crippen molar-refractivity contribution in [1.29, 1.82) is 0 Å². The zero-order valence-corrected chi connectivity index (χ0v) is 7.38. The third-order valence-corrected chi connectivity index (χ3v) is 2.22. The number of aliphatic carboxylic acids is 1. The maximum absolute atomic E-state index is 12.2. The van der Waals surface area contributed by atoms with Gasteiger partial charge in [-0.25, -0.2) is 0 Å². The lowest BCUT2D eigenvalue weighted by molar-refractivity contribution is -0.236. The predicted molar refractivity (Wildman–Crippen MR) is 40.8 cm³/mol. The zero-order chi connectivity index (χ0) is 10.8. The molecule has 1 aliphatic rings. The van der Waals surface area contributed by atoms with E-state index in [1.54, 1.807) is 0 Å². The van der Waals surface area contributed by atoms with Crippen molar-refractivity contribution in [3.63, 3.8) is 0 Å². The van der Waals surface area contributed by atoms with Crippen LogP contribution in [-0.4, -0.2) is 30.0 Å². The summed E-state index contributed by atoms with van der Waals surface area (Å²) in [6.07, 6.45) is -6.23. The van der Waals surface area contributed by atoms with Crippen LogP contribution in [-0.2, 0) is 9.53 Å². The van der Waals surface area contributed by atoms with Gasteiger partial charge in [-0.15, -0.1) is 0 Å². The Hall–Kier alpha value is -0.780. The molecule has 0 amide bonds. The number of hydrogen-bond donors (Lipinski definition) is 1. The first-order chi connectivity index (χ1) is 6.39. The molecule has 1 aliphatic heterocycles. The Morgan fingerprint density at radius 1 is 1.50 bits per heavy atom. The fourth-order valence-electron chi connectivity index (χ4n) is 1.53. The molecule has 0 spiro atoms. The Kier molecular flexibility index (Phi) is 3.36. The summed E-state index contributed by atoms with van der Waals surface area (Å²) in [5.74, 6) is -1.48. The van der Waals surface area contributed by atoms with Crippen molar-refractivity contribution in [1.82, 2.24) is 0 Å². The molecule has 1 N–H and O–H groups in total. The van der Waals surface area contributed by atoms with Crippen LogP contribution in [0.4, 0.5) is 13.2 Å². The molecule has 0 saturated carbocycles. The fourth-order valence-corrected chi connectivity index (χ4v) is 1.53. The number of rotatable bonds is 2. The molecule has 0 bridgehead atoms. The number of alkyl halides is 3. The summed E-state index contributed by atoms with van der Waals surface area (Å²) >= 11 is 0. The number of ether oxygens (including phenoxy) is 1. The summed E-state index contributed by atoms with van der Waals surface area (Å²) in [6.45, 7) is -0.0118. The van der Waals surface area contributed by atoms with Crippen molar-refractivity contribution in [2.24, 2.45) is 5.92 Å². The first kappa shape index (κ1) is 11.3. The smallest absolute Gasteiger partial charge is 0.414 e. The van der Waals surface area contributed by atoms with E-state index >= 15 is 0 Å². The van der Waals surface area contributed by atoms with Gasteiger partial charge in [0.15, 0.2) is 6.10 Å². The molecule has 0 aromatic carbocycles. The predicted octanol–water partition coefficient (Wildman–Crippen LogP) is 1.82. The number of carboxylic acids is 1. The van der Waals surface area contributed by atoms with Crippen LogP contribution in [0.1, 0.15) is 19.3 Å². The van der Waals surface area contributed by atoms with Gasteiger partial charge in [0.25, 0.3) is 0 Å². The Bertz CT molecular complexity index is 214. The van der Waals surface area contributed by atoms with Gasteiger partial charge in [-0.05, 0) is 18.8 Å². The minimum absolute atomic E-state index is 0.0118. The highest BCUT2D eigenvalue weighted by molar-refractivity contribution is 5.67. The molecule has 1 heterocycles. The number of carboxylic acid groups (broad SMARTS) is 1. The molecule has 6 heteroatoms. The van der Waals surface area contributed by atoms with E-state index in [0.29, 0.717) is 6.42 Å². The topological polar surface area (TPSA) is 46.5 Å². The molecule has 1 rings (SSSR count). The molecular weight excluding hydrogens is 201 g/mol. The lowest BCUT2D eigenvalue weighted by Gasteiger charge is -2.29. The average molecular weight is 212 g/mol. The van der Waals surface area contributed by atoms with Crippen LogP contribution >= 0.6 is 0 Å². The van der Waals surface area contributed by atoms with E-state index in [-0.39, 0.29) is 19.4 Å². The molecule has 0 aliphatic carbocycles. The number of halogens is 3. The van der Waals surface area contributed by atoms with Gasteiger partial charge in [0.2, 0.25) is 0 Å². The quantitative estimate of drug-likeness (QED) is 0.759. The van der Waals surface area contributed by atoms with Crippen LogP contribution in [0.5, 0.6) is 0 Å². The maximum atomic E-state index is 12.2. The van der Waals surface area contributed by atoms with Crippen molar-refractivity contribution >= 4 is 5.97 Å². The summed E-state index contributed by atoms with van der Waals surface area (Å²) in [7, 11) is 0. The second-order valence-electron chi connectivity index (χ2n) is 3.39. The van der Waals surface area contributed by atoms with Crippen LogP contribution in [0.3, 0.4) is 0 Å². The summed E-state index contributed by atoms with van der Waals surface area (Å²) < 4.78 is 41.1. The van der Waals surface area contributed by atoms with Gasteiger partial charge in [-0.1, -0.05) is 0 Å². The van der Waals surface area contributed by atoms with Gasteiger partial charge in [0.1, 0.15) is 0 Å². The first-order valence-electron chi connectivity index (χ1n) is 4.29. The van der Waals surface area contributed by atoms with Crippen molar-refractivity contribution in [3.05, 3.63) is 0 Å². The van der Waals surface area contributed by atoms with Crippen molar-refractivity contribution in [2.45, 2.75) is 31.5 Å². The summed E-state index contributed by atoms with van der Waals surface area (Å²) in [6, 6.07) is 0. The second kappa shape index (κ2) is 4.16. The molecular formula is C8H11F3O3. The van der Waals surface area contributed by atoms with Gasteiger partial charge < -0.3 is 9.84 Å². The van der Waals surface area contributed by atoms with E-state index in [9.17, 15) is 18.0 Å². The molecule has 0 radical (unpaired) electrons. The largest absolute Gasteiger partial charge is 0.481 e. The van der Waals surface area contributed by atoms with Gasteiger partial charge in [0.05, 0.1) is 0 Å². The first-order valence-corrected chi connectivity index (χ1v) is 4.29. The monoisotopic (exact) mass is 212 g/mol. The normalized spacial score (nSPS) is 28.8. The minimum Gasteiger partial charge on any atom is -0.481 e. The Morgan fingerprint density at radius 2 is 2.14 bits per heavy atom. The molecule has 1 saturated heterocycles. The van der Waals surface area contributed by atoms with Crippen LogP contribution in [0, 0.1) is 5.92 Å². The Labute approximate surface area is 78.9 Å². The summed E-state index contributed by atoms with van der Waals surface area (Å²) in [5.41, 5.74) is 0. The van der Waals surface area contributed by atoms with Crippen molar-refractivity contribution < 1.29 is 27.8 Å².